The van der Waals surface area contributed by atoms with Crippen LogP contribution in [0.1, 0.15) is 17.7 Å². The number of ether oxygens (including phenoxy) is 1. The molecule has 1 amide bonds. The Labute approximate surface area is 296 Å². The van der Waals surface area contributed by atoms with Gasteiger partial charge in [0.05, 0.1) is 28.1 Å². The van der Waals surface area contributed by atoms with Gasteiger partial charge in [0.15, 0.2) is 0 Å². The van der Waals surface area contributed by atoms with Gasteiger partial charge in [0.1, 0.15) is 32.7 Å². The number of carbonyl (C=O) groups is 3. The highest BCUT2D eigenvalue weighted by Gasteiger charge is 2.35. The lowest BCUT2D eigenvalue weighted by Crippen LogP contribution is -2.36. The van der Waals surface area contributed by atoms with Gasteiger partial charge in [0.2, 0.25) is 0 Å². The summed E-state index contributed by atoms with van der Waals surface area (Å²) in [7, 11) is -2.61. The molecule has 0 saturated carbocycles. The number of nitrogens with one attached hydrogen (secondary N) is 1. The van der Waals surface area contributed by atoms with Crippen LogP contribution in [0, 0.1) is 6.92 Å². The highest BCUT2D eigenvalue weighted by molar-refractivity contribution is 8.30. The van der Waals surface area contributed by atoms with Crippen LogP contribution in [-0.2, 0) is 31.0 Å². The van der Waals surface area contributed by atoms with Crippen molar-refractivity contribution in [1.82, 2.24) is 14.5 Å². The van der Waals surface area contributed by atoms with Gasteiger partial charge in [-0.15, -0.1) is 11.3 Å². The topological polar surface area (TPSA) is 200 Å². The third-order valence-electron chi connectivity index (χ3n) is 7.17. The molecule has 1 fully saturated rings. The number of carbonyl (C=O) groups excluding carboxylic acids is 1. The number of aliphatic carboxylic acids is 2. The number of benzene rings is 1. The molecule has 4 N–H and O–H groups in total. The molecular formula is C30H28N4O10S5. The first-order valence-electron chi connectivity index (χ1n) is 14.2. The lowest BCUT2D eigenvalue weighted by atomic mass is 10.1. The monoisotopic (exact) mass is 764 g/mol. The zero-order chi connectivity index (χ0) is 35.6. The summed E-state index contributed by atoms with van der Waals surface area (Å²) in [6.07, 6.45) is 6.92. The number of nitrogens with zero attached hydrogens (tertiary/aromatic N) is 3. The van der Waals surface area contributed by atoms with Crippen LogP contribution in [-0.4, -0.2) is 85.8 Å². The third-order valence-corrected chi connectivity index (χ3v) is 11.8. The number of aromatic amines is 1. The maximum atomic E-state index is 13.6. The molecule has 1 aromatic carbocycles. The Hall–Kier alpha value is -4.14. The van der Waals surface area contributed by atoms with E-state index in [0.29, 0.717) is 17.0 Å². The van der Waals surface area contributed by atoms with E-state index in [2.05, 4.69) is 4.98 Å². The van der Waals surface area contributed by atoms with Crippen LogP contribution in [0.2, 0.25) is 0 Å². The molecule has 19 heteroatoms. The molecule has 0 bridgehead atoms. The average Bonchev–Trinajstić information content (AvgIpc) is 3.79. The number of aryl methyl sites for hydroxylation is 1. The number of thiocarbonyl (C=S) groups is 1. The van der Waals surface area contributed by atoms with E-state index in [1.165, 1.54) is 11.8 Å². The number of carboxylic acids is 2. The summed E-state index contributed by atoms with van der Waals surface area (Å²) in [5.41, 5.74) is 2.15. The number of hydrogen-bond acceptors (Lipinski definition) is 12. The van der Waals surface area contributed by atoms with E-state index in [0.717, 1.165) is 53.7 Å². The van der Waals surface area contributed by atoms with Crippen molar-refractivity contribution >= 4 is 102 Å². The Balaban J connectivity index is 1.64. The number of thioether (sulfide) groups is 2. The minimum Gasteiger partial charge on any atom is -0.496 e. The molecule has 0 aliphatic carbocycles. The maximum Gasteiger partial charge on any atom is 0.323 e. The second-order valence-corrected chi connectivity index (χ2v) is 15.9. The number of aromatic nitrogens is 2. The molecule has 0 unspecified atom stereocenters. The van der Waals surface area contributed by atoms with Crippen molar-refractivity contribution in [2.45, 2.75) is 24.8 Å². The summed E-state index contributed by atoms with van der Waals surface area (Å²) in [5, 5.41) is 19.5. The van der Waals surface area contributed by atoms with Crippen LogP contribution < -0.4 is 24.4 Å². The maximum absolute atomic E-state index is 13.6. The Morgan fingerprint density at radius 3 is 2.47 bits per heavy atom. The molecule has 14 nitrogen and oxygen atoms in total. The zero-order valence-corrected chi connectivity index (χ0v) is 29.8. The van der Waals surface area contributed by atoms with Crippen LogP contribution in [0.25, 0.3) is 16.6 Å². The minimum absolute atomic E-state index is 0.0294. The molecule has 258 valence electrons. The number of carboxylic acid groups (broad SMARTS) is 2. The highest BCUT2D eigenvalue weighted by Crippen LogP contribution is 2.48. The third kappa shape index (κ3) is 8.19. The van der Waals surface area contributed by atoms with Gasteiger partial charge in [-0.05, 0) is 60.9 Å². The number of anilines is 1. The summed E-state index contributed by atoms with van der Waals surface area (Å²) in [6, 6.07) is 7.34. The lowest BCUT2D eigenvalue weighted by Gasteiger charge is -2.20. The van der Waals surface area contributed by atoms with E-state index < -0.39 is 52.4 Å². The van der Waals surface area contributed by atoms with Crippen molar-refractivity contribution in [1.29, 1.82) is 0 Å². The van der Waals surface area contributed by atoms with Gasteiger partial charge in [-0.2, -0.15) is 8.42 Å². The summed E-state index contributed by atoms with van der Waals surface area (Å²) >= 11 is 8.29. The number of hydrogen-bond donors (Lipinski definition) is 4. The largest absolute Gasteiger partial charge is 0.496 e. The highest BCUT2D eigenvalue weighted by atomic mass is 32.2. The second kappa shape index (κ2) is 14.8. The van der Waals surface area contributed by atoms with E-state index >= 15 is 0 Å². The van der Waals surface area contributed by atoms with Crippen molar-refractivity contribution in [3.63, 3.8) is 0 Å². The Bertz CT molecular complexity index is 2220. The van der Waals surface area contributed by atoms with Gasteiger partial charge in [0.25, 0.3) is 21.6 Å². The lowest BCUT2D eigenvalue weighted by molar-refractivity contribution is -0.140. The quantitative estimate of drug-likeness (QED) is 0.155. The van der Waals surface area contributed by atoms with E-state index in [9.17, 15) is 42.4 Å². The number of fused-ring (bicyclic) bond motifs is 1. The van der Waals surface area contributed by atoms with Gasteiger partial charge in [-0.3, -0.25) is 33.2 Å². The van der Waals surface area contributed by atoms with Crippen LogP contribution >= 0.6 is 47.1 Å². The second-order valence-electron chi connectivity index (χ2n) is 10.6. The van der Waals surface area contributed by atoms with Gasteiger partial charge in [0, 0.05) is 23.3 Å². The molecule has 2 aliphatic rings. The zero-order valence-electron chi connectivity index (χ0n) is 25.7. The summed E-state index contributed by atoms with van der Waals surface area (Å²) in [5.74, 6) is -3.10. The Morgan fingerprint density at radius 2 is 1.84 bits per heavy atom. The van der Waals surface area contributed by atoms with Crippen LogP contribution in [0.5, 0.6) is 5.75 Å². The fraction of sp³-hybridized carbons (Fsp3) is 0.233. The van der Waals surface area contributed by atoms with Gasteiger partial charge >= 0.3 is 11.9 Å². The van der Waals surface area contributed by atoms with Crippen LogP contribution in [0.4, 0.5) is 5.69 Å². The van der Waals surface area contributed by atoms with Crippen LogP contribution in [0.3, 0.4) is 0 Å². The fourth-order valence-electron chi connectivity index (χ4n) is 5.01. The predicted octanol–water partition coefficient (Wildman–Crippen LogP) is 2.29. The normalized spacial score (nSPS) is 17.4. The van der Waals surface area contributed by atoms with E-state index in [4.69, 9.17) is 17.0 Å². The average molecular weight is 765 g/mol. The van der Waals surface area contributed by atoms with E-state index in [-0.39, 0.29) is 31.4 Å². The number of methoxy groups -OCH3 is 1. The Morgan fingerprint density at radius 1 is 1.10 bits per heavy atom. The molecule has 0 spiro atoms. The molecule has 0 atom stereocenters. The van der Waals surface area contributed by atoms with Crippen molar-refractivity contribution in [3.8, 4) is 5.75 Å². The number of thiazole rings is 1. The summed E-state index contributed by atoms with van der Waals surface area (Å²) in [6.45, 7) is 0.728. The smallest absolute Gasteiger partial charge is 0.323 e. The van der Waals surface area contributed by atoms with Gasteiger partial charge in [-0.1, -0.05) is 41.8 Å². The fourth-order valence-corrected chi connectivity index (χ4v) is 9.11. The molecule has 2 aromatic heterocycles. The predicted molar refractivity (Wildman–Crippen MR) is 192 cm³/mol. The molecule has 0 radical (unpaired) electrons. The Kier molecular flexibility index (Phi) is 10.9. The standard InChI is InChI=1S/C30H28N4O10S5/c1-16-11-19-21(13-20(16)44-2)46-23(32(19)9-4-10-49(41,42)43)7-6-17(18-5-3-8-31-18)12-22-27(39)33(14-24(35)36)29(47-22)26-28(40)34(15-25(37)38)30(45)48-26/h3,5-8,11-13,31H,4,9-10,14-15H2,1-2H3,(H,35,36)(H,37,38)(H,41,42,43). The van der Waals surface area contributed by atoms with Crippen molar-refractivity contribution < 1.29 is 42.3 Å². The first kappa shape index (κ1) is 36.1. The summed E-state index contributed by atoms with van der Waals surface area (Å²) < 4.78 is 38.8. The summed E-state index contributed by atoms with van der Waals surface area (Å²) in [4.78, 5) is 56.6. The van der Waals surface area contributed by atoms with E-state index in [1.54, 1.807) is 43.7 Å². The van der Waals surface area contributed by atoms with Crippen molar-refractivity contribution in [3.05, 3.63) is 78.4 Å². The van der Waals surface area contributed by atoms with Crippen molar-refractivity contribution in [2.24, 2.45) is 0 Å². The molecular weight excluding hydrogens is 737 g/mol. The minimum atomic E-state index is -4.18. The van der Waals surface area contributed by atoms with Crippen molar-refractivity contribution in [2.75, 3.05) is 30.9 Å². The van der Waals surface area contributed by atoms with Gasteiger partial charge in [-0.25, -0.2) is 0 Å². The molecule has 2 aliphatic heterocycles. The number of rotatable bonds is 12. The number of H-pyrrole nitrogens is 1. The number of amides is 1. The molecule has 1 saturated heterocycles. The van der Waals surface area contributed by atoms with E-state index in [1.807, 2.05) is 24.0 Å². The molecule has 4 heterocycles. The van der Waals surface area contributed by atoms with Crippen LogP contribution in [0.15, 0.2) is 57.3 Å². The van der Waals surface area contributed by atoms with Gasteiger partial charge < -0.3 is 24.8 Å². The first-order valence-corrected chi connectivity index (χ1v) is 18.7. The molecule has 5 rings (SSSR count). The first-order chi connectivity index (χ1) is 23.2. The molecule has 49 heavy (non-hydrogen) atoms. The SMILES string of the molecule is COc1cc2c(cc1C)N(CCCS(=O)(=O)O)C(=CC=C(C=c1sc(=C3SC(=S)N(CC(=O)O)C3=O)n(CC(=O)O)c1=O)c1ccc[nH]1)S2. The molecule has 3 aromatic rings. The number of allylic oxidation sites excluding steroid dienone is 3.